The number of hydrogen-bond acceptors (Lipinski definition) is 2. The van der Waals surface area contributed by atoms with Crippen LogP contribution < -0.4 is 10.1 Å². The summed E-state index contributed by atoms with van der Waals surface area (Å²) in [5.74, 6) is 0.0197. The highest BCUT2D eigenvalue weighted by Crippen LogP contribution is 2.29. The van der Waals surface area contributed by atoms with E-state index in [0.29, 0.717) is 28.3 Å². The largest absolute Gasteiger partial charge is 0.434 e. The van der Waals surface area contributed by atoms with E-state index < -0.39 is 6.61 Å². The van der Waals surface area contributed by atoms with Gasteiger partial charge in [0.15, 0.2) is 0 Å². The molecule has 5 heteroatoms. The minimum absolute atomic E-state index is 0.00000738. The number of ether oxygens (including phenoxy) is 1. The van der Waals surface area contributed by atoms with Gasteiger partial charge in [-0.25, -0.2) is 0 Å². The first-order valence-electron chi connectivity index (χ1n) is 11.7. The van der Waals surface area contributed by atoms with Crippen LogP contribution in [0.2, 0.25) is 0 Å². The average Bonchev–Trinajstić information content (AvgIpc) is 2.89. The molecule has 0 fully saturated rings. The van der Waals surface area contributed by atoms with E-state index in [9.17, 15) is 13.6 Å². The Kier molecular flexibility index (Phi) is 7.91. The summed E-state index contributed by atoms with van der Waals surface area (Å²) in [6.07, 6.45) is 1.58. The number of halogens is 2. The molecule has 1 N–H and O–H groups in total. The Balaban J connectivity index is 1.71. The Labute approximate surface area is 210 Å². The van der Waals surface area contributed by atoms with Gasteiger partial charge in [-0.2, -0.15) is 8.78 Å². The lowest BCUT2D eigenvalue weighted by atomic mass is 9.98. The molecule has 0 aliphatic rings. The molecule has 4 rings (SSSR count). The first kappa shape index (κ1) is 24.9. The number of alkyl halides is 2. The summed E-state index contributed by atoms with van der Waals surface area (Å²) in [6.45, 7) is 1.24. The van der Waals surface area contributed by atoms with Crippen molar-refractivity contribution in [2.75, 3.05) is 5.32 Å². The Morgan fingerprint density at radius 2 is 1.39 bits per heavy atom. The molecule has 0 aliphatic carbocycles. The van der Waals surface area contributed by atoms with E-state index in [-0.39, 0.29) is 11.7 Å². The van der Waals surface area contributed by atoms with Crippen LogP contribution in [0.5, 0.6) is 5.75 Å². The molecule has 0 aliphatic heterocycles. The first-order valence-corrected chi connectivity index (χ1v) is 11.7. The van der Waals surface area contributed by atoms with Gasteiger partial charge in [-0.15, -0.1) is 0 Å². The minimum atomic E-state index is -2.97. The molecule has 0 atom stereocenters. The number of benzene rings is 4. The van der Waals surface area contributed by atoms with Gasteiger partial charge in [0.05, 0.1) is 0 Å². The Hall–Kier alpha value is -4.25. The topological polar surface area (TPSA) is 38.3 Å². The molecule has 0 heterocycles. The molecule has 182 valence electrons. The second-order valence-corrected chi connectivity index (χ2v) is 8.65. The maximum atomic E-state index is 13.5. The van der Waals surface area contributed by atoms with Crippen LogP contribution in [0.25, 0.3) is 22.8 Å². The molecule has 4 aromatic carbocycles. The van der Waals surface area contributed by atoms with Crippen LogP contribution in [0.4, 0.5) is 14.5 Å². The molecule has 0 saturated heterocycles. The van der Waals surface area contributed by atoms with Crippen molar-refractivity contribution in [1.82, 2.24) is 0 Å². The number of para-hydroxylation sites is 1. The maximum Gasteiger partial charge on any atom is 0.387 e. The number of rotatable bonds is 8. The minimum Gasteiger partial charge on any atom is -0.434 e. The highest BCUT2D eigenvalue weighted by Gasteiger charge is 2.16. The Bertz CT molecular complexity index is 1330. The van der Waals surface area contributed by atoms with Crippen molar-refractivity contribution >= 4 is 23.2 Å². The highest BCUT2D eigenvalue weighted by molar-refractivity contribution is 6.29. The summed E-state index contributed by atoms with van der Waals surface area (Å²) in [6, 6.07) is 31.6. The standard InChI is InChI=1S/C31H27F2NO2/c1-21(2)22-16-18-27(19-17-22)34-30(35)28(20-26-10-6-7-11-29(26)36-31(32)33)25-14-12-24(13-15-25)23-8-4-3-5-9-23/h3-21,31H,1-2H3,(H,34,35)/b28-20+. The lowest BCUT2D eigenvalue weighted by molar-refractivity contribution is -0.111. The van der Waals surface area contributed by atoms with Crippen LogP contribution in [-0.4, -0.2) is 12.5 Å². The molecular formula is C31H27F2NO2. The van der Waals surface area contributed by atoms with E-state index in [2.05, 4.69) is 23.9 Å². The highest BCUT2D eigenvalue weighted by atomic mass is 19.3. The summed E-state index contributed by atoms with van der Waals surface area (Å²) < 4.78 is 30.6. The average molecular weight is 484 g/mol. The second-order valence-electron chi connectivity index (χ2n) is 8.65. The number of amides is 1. The van der Waals surface area contributed by atoms with E-state index in [0.717, 1.165) is 11.1 Å². The van der Waals surface area contributed by atoms with Crippen molar-refractivity contribution in [3.8, 4) is 16.9 Å². The summed E-state index contributed by atoms with van der Waals surface area (Å²) in [4.78, 5) is 13.5. The maximum absolute atomic E-state index is 13.5. The molecule has 4 aromatic rings. The van der Waals surface area contributed by atoms with Crippen LogP contribution in [0.1, 0.15) is 36.5 Å². The molecule has 0 bridgehead atoms. The lowest BCUT2D eigenvalue weighted by Gasteiger charge is -2.13. The van der Waals surface area contributed by atoms with Crippen molar-refractivity contribution in [2.24, 2.45) is 0 Å². The molecule has 0 aromatic heterocycles. The fourth-order valence-corrected chi connectivity index (χ4v) is 3.86. The zero-order valence-electron chi connectivity index (χ0n) is 20.1. The van der Waals surface area contributed by atoms with Crippen molar-refractivity contribution in [3.05, 3.63) is 120 Å². The van der Waals surface area contributed by atoms with Crippen molar-refractivity contribution in [2.45, 2.75) is 26.4 Å². The van der Waals surface area contributed by atoms with Crippen molar-refractivity contribution < 1.29 is 18.3 Å². The van der Waals surface area contributed by atoms with Crippen LogP contribution in [0.15, 0.2) is 103 Å². The van der Waals surface area contributed by atoms with Crippen LogP contribution in [0, 0.1) is 0 Å². The zero-order chi connectivity index (χ0) is 25.5. The van der Waals surface area contributed by atoms with Gasteiger partial charge < -0.3 is 10.1 Å². The van der Waals surface area contributed by atoms with Crippen LogP contribution in [0.3, 0.4) is 0 Å². The third-order valence-corrected chi connectivity index (χ3v) is 5.82. The first-order chi connectivity index (χ1) is 17.4. The molecule has 0 saturated carbocycles. The van der Waals surface area contributed by atoms with Gasteiger partial charge in [0.25, 0.3) is 5.91 Å². The van der Waals surface area contributed by atoms with Gasteiger partial charge in [0.2, 0.25) is 0 Å². The number of hydrogen-bond donors (Lipinski definition) is 1. The monoisotopic (exact) mass is 483 g/mol. The Morgan fingerprint density at radius 1 is 0.778 bits per heavy atom. The van der Waals surface area contributed by atoms with Gasteiger partial charge in [0.1, 0.15) is 5.75 Å². The number of anilines is 1. The fraction of sp³-hybridized carbons (Fsp3) is 0.129. The Morgan fingerprint density at radius 3 is 2.03 bits per heavy atom. The number of nitrogens with one attached hydrogen (secondary N) is 1. The van der Waals surface area contributed by atoms with Gasteiger partial charge in [-0.05, 0) is 52.4 Å². The summed E-state index contributed by atoms with van der Waals surface area (Å²) in [5.41, 5.74) is 5.23. The third-order valence-electron chi connectivity index (χ3n) is 5.82. The molecule has 36 heavy (non-hydrogen) atoms. The second kappa shape index (κ2) is 11.5. The number of carbonyl (C=O) groups is 1. The van der Waals surface area contributed by atoms with Crippen molar-refractivity contribution in [1.29, 1.82) is 0 Å². The molecular weight excluding hydrogens is 456 g/mol. The molecule has 0 spiro atoms. The fourth-order valence-electron chi connectivity index (χ4n) is 3.86. The van der Waals surface area contributed by atoms with Gasteiger partial charge in [-0.3, -0.25) is 4.79 Å². The van der Waals surface area contributed by atoms with E-state index in [1.807, 2.05) is 78.9 Å². The molecule has 0 radical (unpaired) electrons. The zero-order valence-corrected chi connectivity index (χ0v) is 20.1. The summed E-state index contributed by atoms with van der Waals surface area (Å²) in [5, 5.41) is 2.94. The smallest absolute Gasteiger partial charge is 0.387 e. The third kappa shape index (κ3) is 6.25. The quantitative estimate of drug-likeness (QED) is 0.202. The van der Waals surface area contributed by atoms with E-state index in [1.54, 1.807) is 24.3 Å². The van der Waals surface area contributed by atoms with Gasteiger partial charge >= 0.3 is 6.61 Å². The van der Waals surface area contributed by atoms with E-state index >= 15 is 0 Å². The molecule has 3 nitrogen and oxygen atoms in total. The van der Waals surface area contributed by atoms with Crippen LogP contribution in [-0.2, 0) is 4.79 Å². The summed E-state index contributed by atoms with van der Waals surface area (Å²) in [7, 11) is 0. The molecule has 1 amide bonds. The predicted octanol–water partition coefficient (Wildman–Crippen LogP) is 8.26. The normalized spacial score (nSPS) is 11.6. The SMILES string of the molecule is CC(C)c1ccc(NC(=O)/C(=C/c2ccccc2OC(F)F)c2ccc(-c3ccccc3)cc2)cc1. The molecule has 0 unspecified atom stereocenters. The van der Waals surface area contributed by atoms with Gasteiger partial charge in [-0.1, -0.05) is 98.8 Å². The van der Waals surface area contributed by atoms with E-state index in [4.69, 9.17) is 0 Å². The predicted molar refractivity (Wildman–Crippen MR) is 142 cm³/mol. The van der Waals surface area contributed by atoms with E-state index in [1.165, 1.54) is 11.6 Å². The summed E-state index contributed by atoms with van der Waals surface area (Å²) >= 11 is 0. The number of carbonyl (C=O) groups excluding carboxylic acids is 1. The van der Waals surface area contributed by atoms with Crippen LogP contribution >= 0.6 is 0 Å². The van der Waals surface area contributed by atoms with Crippen molar-refractivity contribution in [3.63, 3.8) is 0 Å². The van der Waals surface area contributed by atoms with Gasteiger partial charge in [0, 0.05) is 16.8 Å². The lowest BCUT2D eigenvalue weighted by Crippen LogP contribution is -2.14.